The first kappa shape index (κ1) is 17.6. The fourth-order valence-corrected chi connectivity index (χ4v) is 4.83. The van der Waals surface area contributed by atoms with Crippen molar-refractivity contribution in [3.8, 4) is 23.0 Å². The molecule has 0 fully saturated rings. The average Bonchev–Trinajstić information content (AvgIpc) is 2.97. The Morgan fingerprint density at radius 1 is 0.862 bits per heavy atom. The van der Waals surface area contributed by atoms with Crippen LogP contribution in [0, 0.1) is 13.8 Å². The second-order valence-electron chi connectivity index (χ2n) is 7.58. The van der Waals surface area contributed by atoms with E-state index in [0.717, 1.165) is 16.7 Å². The summed E-state index contributed by atoms with van der Waals surface area (Å²) in [6.45, 7) is 6.04. The maximum absolute atomic E-state index is 13.4. The molecule has 2 aliphatic rings. The maximum Gasteiger partial charge on any atom is 0.255 e. The third-order valence-corrected chi connectivity index (χ3v) is 6.25. The molecule has 29 heavy (non-hydrogen) atoms. The van der Waals surface area contributed by atoms with E-state index in [-0.39, 0.29) is 17.4 Å². The summed E-state index contributed by atoms with van der Waals surface area (Å²) in [5.41, 5.74) is 3.47. The third-order valence-electron chi connectivity index (χ3n) is 6.25. The van der Waals surface area contributed by atoms with Crippen LogP contribution in [-0.4, -0.2) is 27.6 Å². The lowest BCUT2D eigenvalue weighted by atomic mass is 9.73. The third kappa shape index (κ3) is 1.97. The van der Waals surface area contributed by atoms with Gasteiger partial charge in [0.05, 0.1) is 0 Å². The quantitative estimate of drug-likeness (QED) is 0.641. The first-order valence-electron chi connectivity index (χ1n) is 9.68. The van der Waals surface area contributed by atoms with Crippen LogP contribution in [0.4, 0.5) is 0 Å². The highest BCUT2D eigenvalue weighted by Crippen LogP contribution is 2.59. The first-order valence-corrected chi connectivity index (χ1v) is 9.68. The smallest absolute Gasteiger partial charge is 0.255 e. The highest BCUT2D eigenvalue weighted by atomic mass is 16.5. The summed E-state index contributed by atoms with van der Waals surface area (Å²) < 4.78 is 6.27. The summed E-state index contributed by atoms with van der Waals surface area (Å²) in [5.74, 6) is 1.25. The van der Waals surface area contributed by atoms with Crippen molar-refractivity contribution < 1.29 is 19.7 Å². The van der Waals surface area contributed by atoms with Crippen LogP contribution < -0.4 is 4.74 Å². The Morgan fingerprint density at radius 2 is 1.41 bits per heavy atom. The van der Waals surface area contributed by atoms with Gasteiger partial charge in [-0.2, -0.15) is 0 Å². The topological polar surface area (TPSA) is 70.0 Å². The molecule has 3 aromatic rings. The van der Waals surface area contributed by atoms with Crippen LogP contribution in [0.5, 0.6) is 23.0 Å². The van der Waals surface area contributed by atoms with E-state index in [9.17, 15) is 15.0 Å². The molecule has 146 valence electrons. The van der Waals surface area contributed by atoms with Crippen LogP contribution in [0.3, 0.4) is 0 Å². The lowest BCUT2D eigenvalue weighted by Gasteiger charge is -2.44. The van der Waals surface area contributed by atoms with Crippen molar-refractivity contribution in [2.24, 2.45) is 0 Å². The summed E-state index contributed by atoms with van der Waals surface area (Å²) >= 11 is 0. The molecule has 0 saturated carbocycles. The number of aromatic hydroxyl groups is 2. The molecule has 5 heteroatoms. The van der Waals surface area contributed by atoms with Gasteiger partial charge in [-0.15, -0.1) is 0 Å². The van der Waals surface area contributed by atoms with Gasteiger partial charge in [0.15, 0.2) is 0 Å². The molecule has 3 aromatic carbocycles. The molecule has 5 nitrogen and oxygen atoms in total. The van der Waals surface area contributed by atoms with Crippen molar-refractivity contribution in [3.05, 3.63) is 81.9 Å². The number of phenolic OH excluding ortho intramolecular Hbond substituents is 2. The van der Waals surface area contributed by atoms with Gasteiger partial charge < -0.3 is 19.8 Å². The molecule has 1 amide bonds. The number of fused-ring (bicyclic) bond motifs is 6. The van der Waals surface area contributed by atoms with Gasteiger partial charge in [0.2, 0.25) is 0 Å². The van der Waals surface area contributed by atoms with Crippen molar-refractivity contribution in [1.29, 1.82) is 0 Å². The zero-order valence-electron chi connectivity index (χ0n) is 16.5. The summed E-state index contributed by atoms with van der Waals surface area (Å²) in [6, 6.07) is 14.6. The number of hydrogen-bond acceptors (Lipinski definition) is 4. The van der Waals surface area contributed by atoms with Gasteiger partial charge in [-0.25, -0.2) is 0 Å². The molecule has 0 bridgehead atoms. The van der Waals surface area contributed by atoms with E-state index in [1.54, 1.807) is 26.0 Å². The van der Waals surface area contributed by atoms with Crippen LogP contribution in [-0.2, 0) is 5.54 Å². The number of nitrogens with zero attached hydrogens (tertiary/aromatic N) is 1. The second kappa shape index (κ2) is 5.77. The zero-order chi connectivity index (χ0) is 20.5. The summed E-state index contributed by atoms with van der Waals surface area (Å²) in [6.07, 6.45) is 0. The fraction of sp³-hybridized carbons (Fsp3) is 0.208. The number of benzene rings is 3. The first-order chi connectivity index (χ1) is 13.9. The predicted molar refractivity (Wildman–Crippen MR) is 109 cm³/mol. The Kier molecular flexibility index (Phi) is 3.50. The van der Waals surface area contributed by atoms with Crippen molar-refractivity contribution in [2.45, 2.75) is 26.3 Å². The highest BCUT2D eigenvalue weighted by Gasteiger charge is 2.56. The van der Waals surface area contributed by atoms with Crippen LogP contribution >= 0.6 is 0 Å². The minimum absolute atomic E-state index is 0.0432. The minimum Gasteiger partial charge on any atom is -0.508 e. The van der Waals surface area contributed by atoms with Gasteiger partial charge in [0, 0.05) is 34.4 Å². The number of amides is 1. The number of rotatable bonds is 1. The van der Waals surface area contributed by atoms with E-state index >= 15 is 0 Å². The van der Waals surface area contributed by atoms with Gasteiger partial charge in [0.25, 0.3) is 5.91 Å². The van der Waals surface area contributed by atoms with E-state index in [0.29, 0.717) is 34.7 Å². The lowest BCUT2D eigenvalue weighted by Crippen LogP contribution is -2.47. The molecular weight excluding hydrogens is 366 g/mol. The Labute approximate surface area is 168 Å². The largest absolute Gasteiger partial charge is 0.508 e. The van der Waals surface area contributed by atoms with E-state index in [4.69, 9.17) is 4.74 Å². The molecular formula is C24H21NO4. The number of carbonyl (C=O) groups excluding carboxylic acids is 1. The molecule has 0 atom stereocenters. The van der Waals surface area contributed by atoms with Crippen LogP contribution in [0.2, 0.25) is 0 Å². The molecule has 5 rings (SSSR count). The summed E-state index contributed by atoms with van der Waals surface area (Å²) in [4.78, 5) is 15.3. The average molecular weight is 387 g/mol. The van der Waals surface area contributed by atoms with Crippen molar-refractivity contribution in [1.82, 2.24) is 4.90 Å². The van der Waals surface area contributed by atoms with Crippen molar-refractivity contribution in [2.75, 3.05) is 6.54 Å². The zero-order valence-corrected chi connectivity index (χ0v) is 16.5. The van der Waals surface area contributed by atoms with E-state index in [2.05, 4.69) is 0 Å². The van der Waals surface area contributed by atoms with Gasteiger partial charge in [-0.05, 0) is 56.7 Å². The Balaban J connectivity index is 2.00. The van der Waals surface area contributed by atoms with Crippen molar-refractivity contribution >= 4 is 5.91 Å². The van der Waals surface area contributed by atoms with E-state index < -0.39 is 5.54 Å². The molecule has 0 aromatic heterocycles. The molecule has 2 N–H and O–H groups in total. The fourth-order valence-electron chi connectivity index (χ4n) is 4.83. The molecule has 2 heterocycles. The monoisotopic (exact) mass is 387 g/mol. The molecule has 0 unspecified atom stereocenters. The Hall–Kier alpha value is -3.47. The number of ether oxygens (including phenoxy) is 1. The summed E-state index contributed by atoms with van der Waals surface area (Å²) in [5, 5.41) is 20.7. The molecule has 0 aliphatic carbocycles. The van der Waals surface area contributed by atoms with Crippen LogP contribution in [0.25, 0.3) is 0 Å². The lowest BCUT2D eigenvalue weighted by molar-refractivity contribution is 0.0679. The number of hydrogen-bond donors (Lipinski definition) is 2. The van der Waals surface area contributed by atoms with Crippen LogP contribution in [0.15, 0.2) is 48.5 Å². The minimum atomic E-state index is -0.887. The predicted octanol–water partition coefficient (Wildman–Crippen LogP) is 4.59. The van der Waals surface area contributed by atoms with Gasteiger partial charge in [0.1, 0.15) is 28.5 Å². The van der Waals surface area contributed by atoms with E-state index in [1.807, 2.05) is 48.2 Å². The molecule has 1 spiro atoms. The number of carbonyl (C=O) groups is 1. The SMILES string of the molecule is CCN1C(=O)c2ccccc2C12c1ccc(O)c(C)c1Oc1c2ccc(O)c1C. The molecule has 0 saturated heterocycles. The van der Waals surface area contributed by atoms with Gasteiger partial charge >= 0.3 is 0 Å². The standard InChI is InChI=1S/C24H21NO4/c1-4-25-23(28)15-7-5-6-8-16(15)24(25)17-9-11-19(26)13(2)21(17)29-22-14(3)20(27)12-10-18(22)24/h5-12,26-27H,4H2,1-3H3. The maximum atomic E-state index is 13.4. The van der Waals surface area contributed by atoms with E-state index in [1.165, 1.54) is 0 Å². The molecule has 2 aliphatic heterocycles. The normalized spacial score (nSPS) is 15.7. The number of phenols is 2. The van der Waals surface area contributed by atoms with Crippen molar-refractivity contribution in [3.63, 3.8) is 0 Å². The molecule has 0 radical (unpaired) electrons. The Bertz CT molecular complexity index is 1140. The van der Waals surface area contributed by atoms with Gasteiger partial charge in [-0.1, -0.05) is 18.2 Å². The highest BCUT2D eigenvalue weighted by molar-refractivity contribution is 6.02. The Morgan fingerprint density at radius 3 is 1.97 bits per heavy atom. The van der Waals surface area contributed by atoms with Crippen LogP contribution in [0.1, 0.15) is 45.1 Å². The second-order valence-corrected chi connectivity index (χ2v) is 7.58. The van der Waals surface area contributed by atoms with Gasteiger partial charge in [-0.3, -0.25) is 4.79 Å². The summed E-state index contributed by atoms with van der Waals surface area (Å²) in [7, 11) is 0.